The second-order valence-corrected chi connectivity index (χ2v) is 7.55. The lowest BCUT2D eigenvalue weighted by Gasteiger charge is -2.24. The molecule has 7 heteroatoms. The fourth-order valence-corrected chi connectivity index (χ4v) is 3.69. The molecular weight excluding hydrogens is 390 g/mol. The number of nitrogens with one attached hydrogen (secondary N) is 1. The van der Waals surface area contributed by atoms with Crippen molar-refractivity contribution in [1.82, 2.24) is 14.1 Å². The Morgan fingerprint density at radius 3 is 2.45 bits per heavy atom. The highest BCUT2D eigenvalue weighted by Crippen LogP contribution is 2.22. The topological polar surface area (TPSA) is 72.2 Å². The molecule has 2 amide bonds. The molecule has 0 aliphatic heterocycles. The Hall–Kier alpha value is -3.87. The highest BCUT2D eigenvalue weighted by atomic mass is 16.2. The number of carbonyl (C=O) groups excluding carboxylic acids is 2. The van der Waals surface area contributed by atoms with Gasteiger partial charge in [-0.25, -0.2) is 4.98 Å². The summed E-state index contributed by atoms with van der Waals surface area (Å²) in [5.41, 5.74) is 4.29. The first kappa shape index (κ1) is 20.4. The molecule has 2 aromatic heterocycles. The van der Waals surface area contributed by atoms with Crippen molar-refractivity contribution < 1.29 is 9.59 Å². The van der Waals surface area contributed by atoms with E-state index in [1.807, 2.05) is 77.8 Å². The molecule has 0 aliphatic rings. The highest BCUT2D eigenvalue weighted by molar-refractivity contribution is 5.95. The molecule has 0 saturated carbocycles. The molecule has 0 unspecified atom stereocenters. The number of hydrogen-bond acceptors (Lipinski definition) is 3. The summed E-state index contributed by atoms with van der Waals surface area (Å²) in [6, 6.07) is 19.1. The summed E-state index contributed by atoms with van der Waals surface area (Å²) < 4.78 is 3.95. The van der Waals surface area contributed by atoms with Crippen LogP contribution in [0.4, 0.5) is 11.4 Å². The average Bonchev–Trinajstić information content (AvgIpc) is 3.29. The van der Waals surface area contributed by atoms with Crippen molar-refractivity contribution in [3.05, 3.63) is 78.4 Å². The van der Waals surface area contributed by atoms with Crippen molar-refractivity contribution in [2.24, 2.45) is 7.05 Å². The van der Waals surface area contributed by atoms with Gasteiger partial charge in [0.15, 0.2) is 0 Å². The van der Waals surface area contributed by atoms with Crippen LogP contribution in [-0.4, -0.2) is 25.9 Å². The first-order chi connectivity index (χ1) is 14.9. The third-order valence-electron chi connectivity index (χ3n) is 5.31. The zero-order valence-electron chi connectivity index (χ0n) is 17.9. The predicted molar refractivity (Wildman–Crippen MR) is 122 cm³/mol. The molecule has 0 fully saturated rings. The summed E-state index contributed by atoms with van der Waals surface area (Å²) in [7, 11) is 1.96. The Balaban J connectivity index is 1.66. The van der Waals surface area contributed by atoms with E-state index in [1.165, 1.54) is 6.92 Å². The fourth-order valence-electron chi connectivity index (χ4n) is 3.69. The van der Waals surface area contributed by atoms with Gasteiger partial charge in [-0.2, -0.15) is 0 Å². The SMILES string of the molecule is CC(=O)Nc1ccc(N(Cc2cccn2C)C(=O)Cn2c(C)nc3ccccc32)cc1. The molecule has 0 aliphatic carbocycles. The Labute approximate surface area is 180 Å². The Morgan fingerprint density at radius 1 is 1.03 bits per heavy atom. The first-order valence-corrected chi connectivity index (χ1v) is 10.1. The molecule has 0 atom stereocenters. The third-order valence-corrected chi connectivity index (χ3v) is 5.31. The number of amides is 2. The summed E-state index contributed by atoms with van der Waals surface area (Å²) in [6.07, 6.45) is 1.96. The van der Waals surface area contributed by atoms with Gasteiger partial charge in [0.2, 0.25) is 11.8 Å². The second-order valence-electron chi connectivity index (χ2n) is 7.55. The van der Waals surface area contributed by atoms with Crippen molar-refractivity contribution in [3.8, 4) is 0 Å². The zero-order chi connectivity index (χ0) is 22.0. The van der Waals surface area contributed by atoms with E-state index in [0.29, 0.717) is 12.2 Å². The summed E-state index contributed by atoms with van der Waals surface area (Å²) in [4.78, 5) is 31.2. The summed E-state index contributed by atoms with van der Waals surface area (Å²) in [6.45, 7) is 4.01. The minimum atomic E-state index is -0.132. The molecule has 0 spiro atoms. The number of imidazole rings is 1. The molecule has 2 aromatic carbocycles. The minimum absolute atomic E-state index is 0.0419. The Bertz CT molecular complexity index is 1240. The van der Waals surface area contributed by atoms with E-state index in [9.17, 15) is 9.59 Å². The quantitative estimate of drug-likeness (QED) is 0.520. The molecule has 0 saturated heterocycles. The lowest BCUT2D eigenvalue weighted by atomic mass is 10.2. The molecule has 1 N–H and O–H groups in total. The van der Waals surface area contributed by atoms with Crippen molar-refractivity contribution >= 4 is 34.2 Å². The van der Waals surface area contributed by atoms with Gasteiger partial charge in [-0.15, -0.1) is 0 Å². The van der Waals surface area contributed by atoms with Crippen LogP contribution in [0.2, 0.25) is 0 Å². The third kappa shape index (κ3) is 4.35. The lowest BCUT2D eigenvalue weighted by molar-refractivity contribution is -0.119. The van der Waals surface area contributed by atoms with Crippen molar-refractivity contribution in [2.75, 3.05) is 10.2 Å². The van der Waals surface area contributed by atoms with E-state index in [-0.39, 0.29) is 18.4 Å². The van der Waals surface area contributed by atoms with E-state index >= 15 is 0 Å². The van der Waals surface area contributed by atoms with Crippen molar-refractivity contribution in [1.29, 1.82) is 0 Å². The van der Waals surface area contributed by atoms with Crippen LogP contribution in [-0.2, 0) is 29.7 Å². The van der Waals surface area contributed by atoms with E-state index in [1.54, 1.807) is 17.0 Å². The van der Waals surface area contributed by atoms with Crippen molar-refractivity contribution in [3.63, 3.8) is 0 Å². The van der Waals surface area contributed by atoms with Gasteiger partial charge in [0.05, 0.1) is 17.6 Å². The molecule has 4 rings (SSSR count). The number of benzene rings is 2. The number of hydrogen-bond donors (Lipinski definition) is 1. The lowest BCUT2D eigenvalue weighted by Crippen LogP contribution is -2.34. The molecule has 2 heterocycles. The number of aryl methyl sites for hydroxylation is 2. The number of nitrogens with zero attached hydrogens (tertiary/aromatic N) is 4. The molecular formula is C24H25N5O2. The van der Waals surface area contributed by atoms with E-state index in [4.69, 9.17) is 0 Å². The van der Waals surface area contributed by atoms with Gasteiger partial charge in [0.25, 0.3) is 0 Å². The van der Waals surface area contributed by atoms with Gasteiger partial charge in [0.1, 0.15) is 12.4 Å². The molecule has 0 radical (unpaired) electrons. The molecule has 31 heavy (non-hydrogen) atoms. The van der Waals surface area contributed by atoms with Crippen LogP contribution in [0.1, 0.15) is 18.4 Å². The number of anilines is 2. The smallest absolute Gasteiger partial charge is 0.247 e. The van der Waals surface area contributed by atoms with Gasteiger partial charge in [-0.05, 0) is 55.5 Å². The molecule has 158 valence electrons. The van der Waals surface area contributed by atoms with E-state index in [0.717, 1.165) is 28.2 Å². The second kappa shape index (κ2) is 8.47. The number of fused-ring (bicyclic) bond motifs is 1. The maximum atomic E-state index is 13.5. The van der Waals surface area contributed by atoms with E-state index < -0.39 is 0 Å². The van der Waals surface area contributed by atoms with Crippen LogP contribution < -0.4 is 10.2 Å². The monoisotopic (exact) mass is 415 g/mol. The number of para-hydroxylation sites is 2. The summed E-state index contributed by atoms with van der Waals surface area (Å²) in [5, 5.41) is 2.76. The molecule has 7 nitrogen and oxygen atoms in total. The van der Waals surface area contributed by atoms with Crippen molar-refractivity contribution in [2.45, 2.75) is 26.9 Å². The maximum absolute atomic E-state index is 13.5. The average molecular weight is 415 g/mol. The highest BCUT2D eigenvalue weighted by Gasteiger charge is 2.20. The van der Waals surface area contributed by atoms with Crippen LogP contribution in [0.15, 0.2) is 66.9 Å². The van der Waals surface area contributed by atoms with Crippen LogP contribution in [0.5, 0.6) is 0 Å². The Morgan fingerprint density at radius 2 is 1.77 bits per heavy atom. The van der Waals surface area contributed by atoms with Crippen LogP contribution >= 0.6 is 0 Å². The normalized spacial score (nSPS) is 10.9. The number of aromatic nitrogens is 3. The predicted octanol–water partition coefficient (Wildman–Crippen LogP) is 3.88. The molecule has 0 bridgehead atoms. The maximum Gasteiger partial charge on any atom is 0.247 e. The summed E-state index contributed by atoms with van der Waals surface area (Å²) >= 11 is 0. The van der Waals surface area contributed by atoms with Gasteiger partial charge in [-0.3, -0.25) is 9.59 Å². The first-order valence-electron chi connectivity index (χ1n) is 10.1. The van der Waals surface area contributed by atoms with Crippen LogP contribution in [0, 0.1) is 6.92 Å². The van der Waals surface area contributed by atoms with Crippen LogP contribution in [0.3, 0.4) is 0 Å². The minimum Gasteiger partial charge on any atom is -0.353 e. The van der Waals surface area contributed by atoms with E-state index in [2.05, 4.69) is 10.3 Å². The van der Waals surface area contributed by atoms with Gasteiger partial charge in [0, 0.05) is 37.2 Å². The van der Waals surface area contributed by atoms with Gasteiger partial charge in [-0.1, -0.05) is 12.1 Å². The standard InChI is InChI=1S/C24H25N5O2/c1-17-25-22-8-4-5-9-23(22)28(17)16-24(31)29(15-21-7-6-14-27(21)3)20-12-10-19(11-13-20)26-18(2)30/h4-14H,15-16H2,1-3H3,(H,26,30). The zero-order valence-corrected chi connectivity index (χ0v) is 17.9. The Kier molecular flexibility index (Phi) is 5.58. The summed E-state index contributed by atoms with van der Waals surface area (Å²) in [5.74, 6) is 0.626. The van der Waals surface area contributed by atoms with Gasteiger partial charge < -0.3 is 19.4 Å². The largest absolute Gasteiger partial charge is 0.353 e. The number of carbonyl (C=O) groups is 2. The van der Waals surface area contributed by atoms with Gasteiger partial charge >= 0.3 is 0 Å². The number of rotatable bonds is 6. The van der Waals surface area contributed by atoms with Crippen LogP contribution in [0.25, 0.3) is 11.0 Å². The fraction of sp³-hybridized carbons (Fsp3) is 0.208. The molecule has 4 aromatic rings.